The van der Waals surface area contributed by atoms with E-state index in [9.17, 15) is 8.63 Å². The van der Waals surface area contributed by atoms with Gasteiger partial charge in [0.05, 0.1) is 0 Å². The quantitative estimate of drug-likeness (QED) is 0.138. The number of benzene rings is 4. The summed E-state index contributed by atoms with van der Waals surface area (Å²) < 4.78 is 34.1. The third kappa shape index (κ3) is 7.65. The van der Waals surface area contributed by atoms with E-state index < -0.39 is 40.5 Å². The second-order valence-corrected chi connectivity index (χ2v) is 19.9. The van der Waals surface area contributed by atoms with Gasteiger partial charge in [0.2, 0.25) is 0 Å². The van der Waals surface area contributed by atoms with E-state index in [1.807, 2.05) is 72.8 Å². The third-order valence-electron chi connectivity index (χ3n) is 8.43. The average Bonchev–Trinajstić information content (AvgIpc) is 3.08. The summed E-state index contributed by atoms with van der Waals surface area (Å²) in [7, 11) is -2.91. The van der Waals surface area contributed by atoms with Crippen molar-refractivity contribution in [2.24, 2.45) is 0 Å². The van der Waals surface area contributed by atoms with Gasteiger partial charge < -0.3 is 0 Å². The second-order valence-electron chi connectivity index (χ2n) is 12.5. The van der Waals surface area contributed by atoms with E-state index in [1.165, 1.54) is 0 Å². The van der Waals surface area contributed by atoms with E-state index in [0.29, 0.717) is 6.42 Å². The summed E-state index contributed by atoms with van der Waals surface area (Å²) in [6.07, 6.45) is 0.617. The number of hydrogen-bond acceptors (Lipinski definition) is 5. The van der Waals surface area contributed by atoms with Crippen LogP contribution < -0.4 is 14.8 Å². The van der Waals surface area contributed by atoms with Crippen LogP contribution in [0.25, 0.3) is 0 Å². The maximum absolute atomic E-state index is 14.0. The Bertz CT molecular complexity index is 1540. The van der Waals surface area contributed by atoms with E-state index in [-0.39, 0.29) is 29.7 Å². The zero-order valence-corrected chi connectivity index (χ0v) is 29.5. The molecule has 1 aliphatic heterocycles. The first-order valence-electron chi connectivity index (χ1n) is 15.7. The van der Waals surface area contributed by atoms with Gasteiger partial charge in [-0.1, -0.05) is 0 Å². The normalized spacial score (nSPS) is 19.3. The molecule has 1 saturated heterocycles. The molecule has 8 heteroatoms. The monoisotopic (exact) mass is 701 g/mol. The molecule has 4 aromatic carbocycles. The van der Waals surface area contributed by atoms with Crippen molar-refractivity contribution in [3.8, 4) is 0 Å². The van der Waals surface area contributed by atoms with Crippen LogP contribution in [0, 0.1) is 0 Å². The van der Waals surface area contributed by atoms with Crippen molar-refractivity contribution < 1.29 is 22.5 Å². The number of amides is 1. The molecule has 0 aromatic heterocycles. The number of rotatable bonds is 11. The second kappa shape index (κ2) is 15.3. The molecule has 1 fully saturated rings. The van der Waals surface area contributed by atoms with Gasteiger partial charge in [0, 0.05) is 0 Å². The summed E-state index contributed by atoms with van der Waals surface area (Å²) in [5.41, 5.74) is 0.883. The molecule has 1 aliphatic rings. The SMILES string of the molecule is C=C[C@@H]1C[C@@H](CO[Si](c2ccccc2)(c2ccccc2)C(C)(C)C)N(C(=O)OCc2ccccc2)C(C[Se](=O)c2ccccc2)O1. The van der Waals surface area contributed by atoms with E-state index in [2.05, 4.69) is 75.9 Å². The first kappa shape index (κ1) is 33.7. The summed E-state index contributed by atoms with van der Waals surface area (Å²) in [5.74, 6) is 0. The predicted molar refractivity (Wildman–Crippen MR) is 187 cm³/mol. The molecule has 4 atom stereocenters. The van der Waals surface area contributed by atoms with Gasteiger partial charge in [0.1, 0.15) is 0 Å². The Morgan fingerprint density at radius 3 is 1.93 bits per heavy atom. The van der Waals surface area contributed by atoms with Crippen molar-refractivity contribution in [3.63, 3.8) is 0 Å². The zero-order chi connectivity index (χ0) is 32.6. The summed E-state index contributed by atoms with van der Waals surface area (Å²) in [6, 6.07) is 39.5. The van der Waals surface area contributed by atoms with E-state index >= 15 is 0 Å². The fourth-order valence-corrected chi connectivity index (χ4v) is 13.2. The van der Waals surface area contributed by atoms with E-state index in [0.717, 1.165) is 20.4 Å². The Hall–Kier alpha value is -3.65. The Balaban J connectivity index is 1.51. The van der Waals surface area contributed by atoms with Crippen LogP contribution in [-0.4, -0.2) is 58.1 Å². The molecule has 4 aromatic rings. The van der Waals surface area contributed by atoms with Crippen LogP contribution >= 0.6 is 0 Å². The minimum atomic E-state index is -2.91. The number of carbonyl (C=O) groups is 1. The molecule has 240 valence electrons. The Morgan fingerprint density at radius 2 is 1.41 bits per heavy atom. The molecule has 0 radical (unpaired) electrons. The van der Waals surface area contributed by atoms with E-state index in [4.69, 9.17) is 13.9 Å². The summed E-state index contributed by atoms with van der Waals surface area (Å²) >= 11 is -2.57. The van der Waals surface area contributed by atoms with Crippen LogP contribution in [-0.2, 0) is 24.3 Å². The number of hydrogen-bond donors (Lipinski definition) is 0. The fourth-order valence-electron chi connectivity index (χ4n) is 6.20. The van der Waals surface area contributed by atoms with Gasteiger partial charge in [-0.2, -0.15) is 0 Å². The van der Waals surface area contributed by atoms with Crippen molar-refractivity contribution in [3.05, 3.63) is 140 Å². The van der Waals surface area contributed by atoms with Crippen molar-refractivity contribution in [2.45, 2.75) is 62.5 Å². The summed E-state index contributed by atoms with van der Waals surface area (Å²) in [5, 5.41) is 2.26. The van der Waals surface area contributed by atoms with E-state index in [1.54, 1.807) is 11.0 Å². The van der Waals surface area contributed by atoms with Gasteiger partial charge in [0.15, 0.2) is 0 Å². The van der Waals surface area contributed by atoms with Crippen LogP contribution in [0.4, 0.5) is 4.79 Å². The molecular formula is C38H43NO5SeSi. The van der Waals surface area contributed by atoms with Gasteiger partial charge in [-0.15, -0.1) is 0 Å². The fraction of sp³-hybridized carbons (Fsp3) is 0.289. The standard InChI is InChI=1S/C38H43NO5SeSi/c1-5-32-26-31(28-43-46(38(2,3)4,34-22-14-8-15-23-34)35-24-16-9-17-25-35)39(37(40)42-27-30-18-10-6-11-19-30)36(44-32)29-45(41)33-20-12-7-13-21-33/h5-25,31-32,36H,1,26-29H2,2-4H3/t31-,32+,36?,45?/m0/s1. The third-order valence-corrected chi connectivity index (χ3v) is 16.3. The molecule has 1 heterocycles. The molecule has 0 saturated carbocycles. The Kier molecular flexibility index (Phi) is 11.2. The van der Waals surface area contributed by atoms with Gasteiger partial charge >= 0.3 is 279 Å². The van der Waals surface area contributed by atoms with Gasteiger partial charge in [-0.3, -0.25) is 0 Å². The van der Waals surface area contributed by atoms with Crippen LogP contribution in [0.2, 0.25) is 10.4 Å². The topological polar surface area (TPSA) is 65.1 Å². The molecule has 0 N–H and O–H groups in total. The number of carbonyl (C=O) groups excluding carboxylic acids is 1. The van der Waals surface area contributed by atoms with Crippen molar-refractivity contribution >= 4 is 43.1 Å². The molecule has 46 heavy (non-hydrogen) atoms. The Morgan fingerprint density at radius 1 is 0.891 bits per heavy atom. The number of ether oxygens (including phenoxy) is 2. The zero-order valence-electron chi connectivity index (χ0n) is 26.8. The molecule has 0 aliphatic carbocycles. The molecule has 1 amide bonds. The van der Waals surface area contributed by atoms with Crippen molar-refractivity contribution in [1.82, 2.24) is 4.90 Å². The van der Waals surface area contributed by atoms with Crippen LogP contribution in [0.3, 0.4) is 0 Å². The first-order valence-corrected chi connectivity index (χ1v) is 20.4. The predicted octanol–water partition coefficient (Wildman–Crippen LogP) is 6.20. The van der Waals surface area contributed by atoms with Gasteiger partial charge in [0.25, 0.3) is 0 Å². The average molecular weight is 701 g/mol. The maximum atomic E-state index is 14.0. The van der Waals surface area contributed by atoms with Crippen LogP contribution in [0.15, 0.2) is 134 Å². The molecule has 5 rings (SSSR count). The first-order chi connectivity index (χ1) is 22.2. The minimum absolute atomic E-state index is 0.117. The van der Waals surface area contributed by atoms with Crippen molar-refractivity contribution in [1.29, 1.82) is 0 Å². The molecule has 6 nitrogen and oxygen atoms in total. The van der Waals surface area contributed by atoms with Crippen LogP contribution in [0.5, 0.6) is 0 Å². The Labute approximate surface area is 278 Å². The molecular weight excluding hydrogens is 657 g/mol. The van der Waals surface area contributed by atoms with Gasteiger partial charge in [-0.25, -0.2) is 0 Å². The summed E-state index contributed by atoms with van der Waals surface area (Å²) in [4.78, 5) is 15.7. The van der Waals surface area contributed by atoms with Crippen molar-refractivity contribution in [2.75, 3.05) is 6.61 Å². The van der Waals surface area contributed by atoms with Crippen LogP contribution in [0.1, 0.15) is 32.8 Å². The van der Waals surface area contributed by atoms with Gasteiger partial charge in [-0.05, 0) is 0 Å². The summed E-state index contributed by atoms with van der Waals surface area (Å²) in [6.45, 7) is 11.1. The number of nitrogens with zero attached hydrogens (tertiary/aromatic N) is 1. The molecule has 2 unspecified atom stereocenters. The molecule has 0 bridgehead atoms. The molecule has 0 spiro atoms.